The molecule has 0 amide bonds. The molecule has 0 aliphatic carbocycles. The predicted molar refractivity (Wildman–Crippen MR) is 69.6 cm³/mol. The van der Waals surface area contributed by atoms with Gasteiger partial charge in [0.15, 0.2) is 5.13 Å². The van der Waals surface area contributed by atoms with E-state index in [-0.39, 0.29) is 0 Å². The van der Waals surface area contributed by atoms with Crippen LogP contribution in [0.25, 0.3) is 0 Å². The first kappa shape index (κ1) is 11.2. The summed E-state index contributed by atoms with van der Waals surface area (Å²) in [5, 5.41) is 7.01. The molecule has 78 valence electrons. The largest absolute Gasteiger partial charge is 0.330 e. The van der Waals surface area contributed by atoms with Crippen molar-refractivity contribution in [3.63, 3.8) is 0 Å². The lowest BCUT2D eigenvalue weighted by Gasteiger charge is -2.04. The van der Waals surface area contributed by atoms with E-state index in [0.717, 1.165) is 15.4 Å². The van der Waals surface area contributed by atoms with Gasteiger partial charge in [0.25, 0.3) is 0 Å². The van der Waals surface area contributed by atoms with E-state index in [1.165, 1.54) is 11.3 Å². The molecule has 0 aliphatic rings. The van der Waals surface area contributed by atoms with Crippen LogP contribution in [0.4, 0.5) is 10.8 Å². The molecule has 2 nitrogen and oxygen atoms in total. The van der Waals surface area contributed by atoms with Crippen molar-refractivity contribution in [2.45, 2.75) is 0 Å². The Bertz CT molecular complexity index is 487. The lowest BCUT2D eigenvalue weighted by atomic mass is 10.3. The Morgan fingerprint density at radius 1 is 1.33 bits per heavy atom. The van der Waals surface area contributed by atoms with E-state index in [1.54, 1.807) is 18.2 Å². The van der Waals surface area contributed by atoms with Crippen molar-refractivity contribution in [2.75, 3.05) is 5.32 Å². The van der Waals surface area contributed by atoms with E-state index in [2.05, 4.69) is 26.2 Å². The van der Waals surface area contributed by atoms with Crippen LogP contribution in [0.15, 0.2) is 28.2 Å². The summed E-state index contributed by atoms with van der Waals surface area (Å²) in [6.07, 6.45) is 0. The highest BCUT2D eigenvalue weighted by atomic mass is 79.9. The van der Waals surface area contributed by atoms with Crippen molar-refractivity contribution >= 4 is 61.3 Å². The average Bonchev–Trinajstić information content (AvgIpc) is 2.58. The second kappa shape index (κ2) is 4.70. The number of thiazole rings is 1. The van der Waals surface area contributed by atoms with Crippen LogP contribution in [-0.2, 0) is 0 Å². The number of nitrogens with zero attached hydrogens (tertiary/aromatic N) is 1. The van der Waals surface area contributed by atoms with E-state index in [0.29, 0.717) is 10.0 Å². The summed E-state index contributed by atoms with van der Waals surface area (Å²) < 4.78 is 0.799. The topological polar surface area (TPSA) is 24.9 Å². The molecule has 1 aromatic carbocycles. The molecular formula is C9H5BrCl2N2S. The number of anilines is 2. The smallest absolute Gasteiger partial charge is 0.188 e. The maximum absolute atomic E-state index is 6.00. The number of nitrogens with one attached hydrogen (secondary N) is 1. The molecule has 0 fully saturated rings. The summed E-state index contributed by atoms with van der Waals surface area (Å²) in [4.78, 5) is 4.20. The molecule has 15 heavy (non-hydrogen) atoms. The highest BCUT2D eigenvalue weighted by Gasteiger charge is 2.04. The highest BCUT2D eigenvalue weighted by molar-refractivity contribution is 9.10. The van der Waals surface area contributed by atoms with Gasteiger partial charge in [-0.1, -0.05) is 23.2 Å². The number of aromatic nitrogens is 1. The molecule has 0 bridgehead atoms. The van der Waals surface area contributed by atoms with Gasteiger partial charge in [-0.25, -0.2) is 4.98 Å². The Morgan fingerprint density at radius 2 is 2.13 bits per heavy atom. The standard InChI is InChI=1S/C9H5BrCl2N2S/c10-8-4-15-9(14-8)13-7-3-5(11)1-2-6(7)12/h1-4H,(H,13,14). The van der Waals surface area contributed by atoms with Crippen molar-refractivity contribution in [3.05, 3.63) is 38.2 Å². The predicted octanol–water partition coefficient (Wildman–Crippen LogP) is 4.96. The Balaban J connectivity index is 2.27. The zero-order chi connectivity index (χ0) is 10.8. The number of halogens is 3. The summed E-state index contributed by atoms with van der Waals surface area (Å²) in [5.41, 5.74) is 0.756. The minimum atomic E-state index is 0.616. The molecule has 0 saturated heterocycles. The van der Waals surface area contributed by atoms with E-state index in [9.17, 15) is 0 Å². The highest BCUT2D eigenvalue weighted by Crippen LogP contribution is 2.30. The van der Waals surface area contributed by atoms with E-state index < -0.39 is 0 Å². The fourth-order valence-corrected chi connectivity index (χ4v) is 2.51. The van der Waals surface area contributed by atoms with Crippen molar-refractivity contribution < 1.29 is 0 Å². The molecule has 0 unspecified atom stereocenters. The maximum Gasteiger partial charge on any atom is 0.188 e. The van der Waals surface area contributed by atoms with Crippen molar-refractivity contribution in [3.8, 4) is 0 Å². The summed E-state index contributed by atoms with van der Waals surface area (Å²) in [5.74, 6) is 0. The Labute approximate surface area is 109 Å². The van der Waals surface area contributed by atoms with Gasteiger partial charge in [-0.3, -0.25) is 0 Å². The fraction of sp³-hybridized carbons (Fsp3) is 0. The number of rotatable bonds is 2. The third-order valence-corrected chi connectivity index (χ3v) is 3.68. The van der Waals surface area contributed by atoms with Gasteiger partial charge in [0, 0.05) is 10.4 Å². The minimum absolute atomic E-state index is 0.616. The molecule has 2 rings (SSSR count). The number of benzene rings is 1. The van der Waals surface area contributed by atoms with Crippen molar-refractivity contribution in [2.24, 2.45) is 0 Å². The van der Waals surface area contributed by atoms with Crippen LogP contribution in [0.3, 0.4) is 0 Å². The molecule has 2 aromatic rings. The summed E-state index contributed by atoms with van der Waals surface area (Å²) in [6.45, 7) is 0. The van der Waals surface area contributed by atoms with Crippen LogP contribution in [0, 0.1) is 0 Å². The Kier molecular flexibility index (Phi) is 3.51. The van der Waals surface area contributed by atoms with Gasteiger partial charge >= 0.3 is 0 Å². The number of hydrogen-bond acceptors (Lipinski definition) is 3. The normalized spacial score (nSPS) is 10.3. The molecule has 6 heteroatoms. The van der Waals surface area contributed by atoms with Gasteiger partial charge in [0.1, 0.15) is 4.60 Å². The third kappa shape index (κ3) is 2.84. The maximum atomic E-state index is 6.00. The zero-order valence-corrected chi connectivity index (χ0v) is 11.2. The van der Waals surface area contributed by atoms with E-state index in [1.807, 2.05) is 5.38 Å². The van der Waals surface area contributed by atoms with Crippen LogP contribution in [0.2, 0.25) is 10.0 Å². The second-order valence-electron chi connectivity index (χ2n) is 2.72. The molecule has 0 saturated carbocycles. The van der Waals surface area contributed by atoms with Gasteiger partial charge in [-0.05, 0) is 34.1 Å². The van der Waals surface area contributed by atoms with Gasteiger partial charge in [0.05, 0.1) is 10.7 Å². The first-order chi connectivity index (χ1) is 7.15. The average molecular weight is 324 g/mol. The Hall–Kier alpha value is -0.290. The van der Waals surface area contributed by atoms with Gasteiger partial charge in [-0.2, -0.15) is 0 Å². The summed E-state index contributed by atoms with van der Waals surface area (Å²) in [7, 11) is 0. The molecule has 0 spiro atoms. The summed E-state index contributed by atoms with van der Waals surface area (Å²) in [6, 6.07) is 5.25. The molecule has 1 heterocycles. The number of hydrogen-bond donors (Lipinski definition) is 1. The van der Waals surface area contributed by atoms with Crippen LogP contribution in [0.1, 0.15) is 0 Å². The Morgan fingerprint density at radius 3 is 2.80 bits per heavy atom. The second-order valence-corrected chi connectivity index (χ2v) is 5.24. The monoisotopic (exact) mass is 322 g/mol. The van der Waals surface area contributed by atoms with Crippen molar-refractivity contribution in [1.29, 1.82) is 0 Å². The van der Waals surface area contributed by atoms with Crippen LogP contribution in [-0.4, -0.2) is 4.98 Å². The molecular weight excluding hydrogens is 319 g/mol. The molecule has 0 radical (unpaired) electrons. The first-order valence-electron chi connectivity index (χ1n) is 3.98. The molecule has 1 N–H and O–H groups in total. The van der Waals surface area contributed by atoms with Crippen LogP contribution < -0.4 is 5.32 Å². The molecule has 0 aliphatic heterocycles. The SMILES string of the molecule is Clc1ccc(Cl)c(Nc2nc(Br)cs2)c1. The van der Waals surface area contributed by atoms with E-state index >= 15 is 0 Å². The van der Waals surface area contributed by atoms with Crippen molar-refractivity contribution in [1.82, 2.24) is 4.98 Å². The van der Waals surface area contributed by atoms with Crippen LogP contribution in [0.5, 0.6) is 0 Å². The quantitative estimate of drug-likeness (QED) is 0.845. The third-order valence-electron chi connectivity index (χ3n) is 1.65. The molecule has 1 aromatic heterocycles. The molecule has 0 atom stereocenters. The summed E-state index contributed by atoms with van der Waals surface area (Å²) >= 11 is 16.6. The van der Waals surface area contributed by atoms with Gasteiger partial charge in [-0.15, -0.1) is 11.3 Å². The lowest BCUT2D eigenvalue weighted by Crippen LogP contribution is -1.90. The minimum Gasteiger partial charge on any atom is -0.330 e. The van der Waals surface area contributed by atoms with E-state index in [4.69, 9.17) is 23.2 Å². The zero-order valence-electron chi connectivity index (χ0n) is 7.30. The van der Waals surface area contributed by atoms with Gasteiger partial charge < -0.3 is 5.32 Å². The lowest BCUT2D eigenvalue weighted by molar-refractivity contribution is 1.35. The van der Waals surface area contributed by atoms with Crippen LogP contribution >= 0.6 is 50.5 Å². The van der Waals surface area contributed by atoms with Gasteiger partial charge in [0.2, 0.25) is 0 Å². The fourth-order valence-electron chi connectivity index (χ4n) is 1.02. The first-order valence-corrected chi connectivity index (χ1v) is 6.41.